The minimum atomic E-state index is -0.296. The molecule has 112 valence electrons. The average Bonchev–Trinajstić information content (AvgIpc) is 2.42. The lowest BCUT2D eigenvalue weighted by Crippen LogP contribution is -2.53. The minimum Gasteiger partial charge on any atom is -0.393 e. The van der Waals surface area contributed by atoms with Gasteiger partial charge in [-0.1, -0.05) is 27.7 Å². The Balaban J connectivity index is 2.63. The van der Waals surface area contributed by atoms with Gasteiger partial charge in [-0.05, 0) is 25.3 Å². The number of likely N-dealkylation sites (tertiary alicyclic amines) is 1. The predicted molar refractivity (Wildman–Crippen MR) is 77.9 cm³/mol. The van der Waals surface area contributed by atoms with Crippen molar-refractivity contribution < 1.29 is 9.90 Å². The number of piperidine rings is 1. The second-order valence-electron chi connectivity index (χ2n) is 6.12. The molecule has 0 saturated carbocycles. The molecule has 1 rings (SSSR count). The third-order valence-electron chi connectivity index (χ3n) is 3.92. The van der Waals surface area contributed by atoms with E-state index in [-0.39, 0.29) is 17.9 Å². The van der Waals surface area contributed by atoms with Gasteiger partial charge < -0.3 is 15.3 Å². The van der Waals surface area contributed by atoms with E-state index in [1.54, 1.807) is 0 Å². The van der Waals surface area contributed by atoms with Crippen LogP contribution < -0.4 is 5.32 Å². The molecular weight excluding hydrogens is 240 g/mol. The molecule has 0 aromatic heterocycles. The Labute approximate surface area is 117 Å². The third-order valence-corrected chi connectivity index (χ3v) is 3.92. The first-order valence-electron chi connectivity index (χ1n) is 7.67. The van der Waals surface area contributed by atoms with Gasteiger partial charge in [0.1, 0.15) is 0 Å². The first-order chi connectivity index (χ1) is 8.97. The Kier molecular flexibility index (Phi) is 6.80. The monoisotopic (exact) mass is 270 g/mol. The van der Waals surface area contributed by atoms with Gasteiger partial charge in [0.25, 0.3) is 0 Å². The summed E-state index contributed by atoms with van der Waals surface area (Å²) in [5.74, 6) is 1.01. The van der Waals surface area contributed by atoms with Crippen molar-refractivity contribution in [3.8, 4) is 0 Å². The van der Waals surface area contributed by atoms with Crippen molar-refractivity contribution in [1.82, 2.24) is 10.2 Å². The number of nitrogens with one attached hydrogen (secondary N) is 1. The van der Waals surface area contributed by atoms with Gasteiger partial charge in [-0.2, -0.15) is 0 Å². The highest BCUT2D eigenvalue weighted by Gasteiger charge is 2.32. The van der Waals surface area contributed by atoms with E-state index in [2.05, 4.69) is 19.2 Å². The zero-order chi connectivity index (χ0) is 14.4. The van der Waals surface area contributed by atoms with Crippen molar-refractivity contribution in [3.05, 3.63) is 0 Å². The van der Waals surface area contributed by atoms with Gasteiger partial charge in [0.15, 0.2) is 0 Å². The van der Waals surface area contributed by atoms with Crippen molar-refractivity contribution in [1.29, 1.82) is 0 Å². The highest BCUT2D eigenvalue weighted by Crippen LogP contribution is 2.22. The summed E-state index contributed by atoms with van der Waals surface area (Å²) < 4.78 is 0. The van der Waals surface area contributed by atoms with Crippen molar-refractivity contribution in [2.24, 2.45) is 11.8 Å². The molecule has 0 aromatic rings. The maximum Gasteiger partial charge on any atom is 0.222 e. The van der Waals surface area contributed by atoms with Crippen molar-refractivity contribution in [2.75, 3.05) is 19.6 Å². The van der Waals surface area contributed by atoms with Crippen LogP contribution >= 0.6 is 0 Å². The lowest BCUT2D eigenvalue weighted by atomic mass is 9.88. The standard InChI is InChI=1S/C15H30N2O2/c1-5-14(18)12-7-13(16-8-11(3)4)10-17(9-12)15(19)6-2/h11-14,16,18H,5-10H2,1-4H3. The van der Waals surface area contributed by atoms with Crippen LogP contribution in [0.4, 0.5) is 0 Å². The van der Waals surface area contributed by atoms with Gasteiger partial charge in [0, 0.05) is 31.5 Å². The fourth-order valence-electron chi connectivity index (χ4n) is 2.73. The average molecular weight is 270 g/mol. The zero-order valence-corrected chi connectivity index (χ0v) is 12.9. The molecule has 1 fully saturated rings. The smallest absolute Gasteiger partial charge is 0.222 e. The molecular formula is C15H30N2O2. The van der Waals surface area contributed by atoms with E-state index >= 15 is 0 Å². The van der Waals surface area contributed by atoms with Gasteiger partial charge in [-0.3, -0.25) is 4.79 Å². The molecule has 1 heterocycles. The maximum atomic E-state index is 11.9. The summed E-state index contributed by atoms with van der Waals surface area (Å²) in [6, 6.07) is 0.317. The Morgan fingerprint density at radius 1 is 1.37 bits per heavy atom. The molecule has 0 radical (unpaired) electrons. The van der Waals surface area contributed by atoms with E-state index in [0.717, 1.165) is 25.9 Å². The molecule has 1 amide bonds. The topological polar surface area (TPSA) is 52.6 Å². The fourth-order valence-corrected chi connectivity index (χ4v) is 2.73. The van der Waals surface area contributed by atoms with Crippen LogP contribution in [0.15, 0.2) is 0 Å². The van der Waals surface area contributed by atoms with Crippen LogP contribution in [0.3, 0.4) is 0 Å². The summed E-state index contributed by atoms with van der Waals surface area (Å²) >= 11 is 0. The van der Waals surface area contributed by atoms with Crippen molar-refractivity contribution in [2.45, 2.75) is 59.1 Å². The number of hydrogen-bond donors (Lipinski definition) is 2. The number of hydrogen-bond acceptors (Lipinski definition) is 3. The number of rotatable bonds is 6. The van der Waals surface area contributed by atoms with E-state index in [1.165, 1.54) is 0 Å². The van der Waals surface area contributed by atoms with Gasteiger partial charge in [0.05, 0.1) is 6.10 Å². The molecule has 0 aromatic carbocycles. The van der Waals surface area contributed by atoms with Crippen LogP contribution in [0.1, 0.15) is 47.0 Å². The number of carbonyl (C=O) groups excluding carboxylic acids is 1. The highest BCUT2D eigenvalue weighted by molar-refractivity contribution is 5.76. The maximum absolute atomic E-state index is 11.9. The zero-order valence-electron chi connectivity index (χ0n) is 12.9. The third kappa shape index (κ3) is 5.11. The summed E-state index contributed by atoms with van der Waals surface area (Å²) in [5, 5.41) is 13.6. The Morgan fingerprint density at radius 2 is 2.05 bits per heavy atom. The van der Waals surface area contributed by atoms with Crippen LogP contribution in [0.2, 0.25) is 0 Å². The molecule has 1 aliphatic rings. The summed E-state index contributed by atoms with van der Waals surface area (Å²) in [5.41, 5.74) is 0. The van der Waals surface area contributed by atoms with Gasteiger partial charge in [-0.25, -0.2) is 0 Å². The number of nitrogens with zero attached hydrogens (tertiary/aromatic N) is 1. The quantitative estimate of drug-likeness (QED) is 0.771. The molecule has 3 atom stereocenters. The number of aliphatic hydroxyl groups excluding tert-OH is 1. The Hall–Kier alpha value is -0.610. The fraction of sp³-hybridized carbons (Fsp3) is 0.933. The van der Waals surface area contributed by atoms with Crippen LogP contribution in [-0.4, -0.2) is 47.7 Å². The van der Waals surface area contributed by atoms with Crippen molar-refractivity contribution in [3.63, 3.8) is 0 Å². The molecule has 2 N–H and O–H groups in total. The molecule has 4 heteroatoms. The molecule has 1 saturated heterocycles. The van der Waals surface area contributed by atoms with E-state index in [9.17, 15) is 9.90 Å². The number of aliphatic hydroxyl groups is 1. The highest BCUT2D eigenvalue weighted by atomic mass is 16.3. The molecule has 19 heavy (non-hydrogen) atoms. The van der Waals surface area contributed by atoms with E-state index in [4.69, 9.17) is 0 Å². The van der Waals surface area contributed by atoms with Gasteiger partial charge in [0.2, 0.25) is 5.91 Å². The molecule has 4 nitrogen and oxygen atoms in total. The molecule has 1 aliphatic heterocycles. The first-order valence-corrected chi connectivity index (χ1v) is 7.67. The lowest BCUT2D eigenvalue weighted by Gasteiger charge is -2.40. The lowest BCUT2D eigenvalue weighted by molar-refractivity contribution is -0.134. The Bertz CT molecular complexity index is 281. The van der Waals surface area contributed by atoms with Crippen LogP contribution in [0.25, 0.3) is 0 Å². The van der Waals surface area contributed by atoms with E-state index in [1.807, 2.05) is 18.7 Å². The molecule has 0 aliphatic carbocycles. The SMILES string of the molecule is CCC(=O)N1CC(NCC(C)C)CC(C(O)CC)C1. The summed E-state index contributed by atoms with van der Waals surface area (Å²) in [7, 11) is 0. The largest absolute Gasteiger partial charge is 0.393 e. The molecule has 3 unspecified atom stereocenters. The van der Waals surface area contributed by atoms with E-state index < -0.39 is 0 Å². The normalized spacial score (nSPS) is 25.7. The summed E-state index contributed by atoms with van der Waals surface area (Å²) in [6.07, 6.45) is 1.98. The molecule has 0 bridgehead atoms. The van der Waals surface area contributed by atoms with E-state index in [0.29, 0.717) is 24.9 Å². The second-order valence-corrected chi connectivity index (χ2v) is 6.12. The summed E-state index contributed by atoms with van der Waals surface area (Å²) in [6.45, 7) is 10.7. The minimum absolute atomic E-state index is 0.198. The summed E-state index contributed by atoms with van der Waals surface area (Å²) in [4.78, 5) is 13.8. The van der Waals surface area contributed by atoms with Crippen LogP contribution in [-0.2, 0) is 4.79 Å². The second kappa shape index (κ2) is 7.85. The number of carbonyl (C=O) groups is 1. The number of amides is 1. The van der Waals surface area contributed by atoms with Crippen LogP contribution in [0.5, 0.6) is 0 Å². The Morgan fingerprint density at radius 3 is 2.58 bits per heavy atom. The van der Waals surface area contributed by atoms with Gasteiger partial charge >= 0.3 is 0 Å². The van der Waals surface area contributed by atoms with Gasteiger partial charge in [-0.15, -0.1) is 0 Å². The van der Waals surface area contributed by atoms with Crippen LogP contribution in [0, 0.1) is 11.8 Å². The predicted octanol–water partition coefficient (Wildman–Crippen LogP) is 1.63. The van der Waals surface area contributed by atoms with Crippen molar-refractivity contribution >= 4 is 5.91 Å². The first kappa shape index (κ1) is 16.4. The molecule has 0 spiro atoms.